The van der Waals surface area contributed by atoms with Crippen molar-refractivity contribution in [2.24, 2.45) is 13.0 Å². The van der Waals surface area contributed by atoms with E-state index in [0.717, 1.165) is 5.69 Å². The number of furan rings is 1. The summed E-state index contributed by atoms with van der Waals surface area (Å²) in [5, 5.41) is 7.29. The lowest BCUT2D eigenvalue weighted by Crippen LogP contribution is -2.40. The Morgan fingerprint density at radius 3 is 2.54 bits per heavy atom. The van der Waals surface area contributed by atoms with Crippen LogP contribution in [0.1, 0.15) is 50.9 Å². The van der Waals surface area contributed by atoms with Gasteiger partial charge in [-0.15, -0.1) is 0 Å². The number of nitrogens with one attached hydrogen (secondary N) is 1. The number of aryl methyl sites for hydroxylation is 1. The van der Waals surface area contributed by atoms with Gasteiger partial charge in [0.25, 0.3) is 5.91 Å². The third-order valence-corrected chi connectivity index (χ3v) is 3.85. The van der Waals surface area contributed by atoms with Crippen LogP contribution in [0.2, 0.25) is 0 Å². The molecule has 2 aromatic heterocycles. The summed E-state index contributed by atoms with van der Waals surface area (Å²) >= 11 is 0. The largest absolute Gasteiger partial charge is 0.459 e. The predicted molar refractivity (Wildman–Crippen MR) is 100.0 cm³/mol. The molecule has 7 heteroatoms. The van der Waals surface area contributed by atoms with Crippen molar-refractivity contribution in [2.45, 2.75) is 40.0 Å². The van der Waals surface area contributed by atoms with Crippen LogP contribution in [0.25, 0.3) is 0 Å². The van der Waals surface area contributed by atoms with E-state index in [-0.39, 0.29) is 35.5 Å². The third-order valence-electron chi connectivity index (χ3n) is 3.85. The van der Waals surface area contributed by atoms with Crippen LogP contribution in [0.3, 0.4) is 0 Å². The van der Waals surface area contributed by atoms with Gasteiger partial charge in [0.05, 0.1) is 12.0 Å². The molecule has 0 saturated heterocycles. The van der Waals surface area contributed by atoms with Crippen LogP contribution in [-0.4, -0.2) is 39.6 Å². The highest BCUT2D eigenvalue weighted by molar-refractivity contribution is 5.97. The summed E-state index contributed by atoms with van der Waals surface area (Å²) in [5.74, 6) is 0.503. The van der Waals surface area contributed by atoms with Crippen LogP contribution in [0.5, 0.6) is 0 Å². The number of carbonyl (C=O) groups excluding carboxylic acids is 2. The Morgan fingerprint density at radius 2 is 2.04 bits per heavy atom. The van der Waals surface area contributed by atoms with Gasteiger partial charge < -0.3 is 14.6 Å². The first-order chi connectivity index (χ1) is 12.1. The molecule has 0 bridgehead atoms. The second kappa shape index (κ2) is 7.76. The molecule has 0 saturated carbocycles. The van der Waals surface area contributed by atoms with E-state index < -0.39 is 0 Å². The Morgan fingerprint density at radius 1 is 1.35 bits per heavy atom. The van der Waals surface area contributed by atoms with Gasteiger partial charge in [-0.2, -0.15) is 5.10 Å². The SMILES string of the molecule is CC(C)CN(CC(=O)Nc1cc(C(C)(C)C)nn1C)C(=O)c1ccco1. The second-order valence-electron chi connectivity index (χ2n) is 7.89. The zero-order valence-corrected chi connectivity index (χ0v) is 16.4. The number of nitrogens with zero attached hydrogens (tertiary/aromatic N) is 3. The Kier molecular flexibility index (Phi) is 5.90. The maximum absolute atomic E-state index is 12.6. The van der Waals surface area contributed by atoms with Crippen LogP contribution in [0.4, 0.5) is 5.82 Å². The molecule has 0 radical (unpaired) electrons. The average Bonchev–Trinajstić information content (AvgIpc) is 3.15. The Balaban J connectivity index is 2.10. The number of amides is 2. The predicted octanol–water partition coefficient (Wildman–Crippen LogP) is 3.05. The van der Waals surface area contributed by atoms with Crippen molar-refractivity contribution in [3.05, 3.63) is 35.9 Å². The topological polar surface area (TPSA) is 80.4 Å². The van der Waals surface area contributed by atoms with Crippen molar-refractivity contribution >= 4 is 17.6 Å². The van der Waals surface area contributed by atoms with E-state index in [1.165, 1.54) is 11.2 Å². The summed E-state index contributed by atoms with van der Waals surface area (Å²) < 4.78 is 6.82. The normalized spacial score (nSPS) is 11.7. The minimum Gasteiger partial charge on any atom is -0.459 e. The molecule has 2 rings (SSSR count). The molecular weight excluding hydrogens is 332 g/mol. The van der Waals surface area contributed by atoms with E-state index in [2.05, 4.69) is 31.2 Å². The van der Waals surface area contributed by atoms with Gasteiger partial charge in [-0.25, -0.2) is 0 Å². The van der Waals surface area contributed by atoms with Crippen LogP contribution in [0, 0.1) is 5.92 Å². The number of aromatic nitrogens is 2. The van der Waals surface area contributed by atoms with Gasteiger partial charge in [-0.1, -0.05) is 34.6 Å². The maximum atomic E-state index is 12.6. The molecule has 0 unspecified atom stereocenters. The van der Waals surface area contributed by atoms with E-state index in [9.17, 15) is 9.59 Å². The van der Waals surface area contributed by atoms with Crippen molar-refractivity contribution < 1.29 is 14.0 Å². The number of rotatable bonds is 6. The zero-order chi connectivity index (χ0) is 19.5. The van der Waals surface area contributed by atoms with Gasteiger partial charge in [-0.05, 0) is 18.1 Å². The minimum atomic E-state index is -0.292. The molecule has 7 nitrogen and oxygen atoms in total. The second-order valence-corrected chi connectivity index (χ2v) is 7.89. The highest BCUT2D eigenvalue weighted by Gasteiger charge is 2.23. The lowest BCUT2D eigenvalue weighted by molar-refractivity contribution is -0.117. The van der Waals surface area contributed by atoms with Gasteiger partial charge in [0, 0.05) is 25.1 Å². The molecule has 2 heterocycles. The third kappa shape index (κ3) is 4.97. The Labute approximate surface area is 154 Å². The summed E-state index contributed by atoms with van der Waals surface area (Å²) in [6.45, 7) is 10.6. The van der Waals surface area contributed by atoms with Crippen LogP contribution < -0.4 is 5.32 Å². The molecule has 2 amide bonds. The van der Waals surface area contributed by atoms with Crippen LogP contribution in [0.15, 0.2) is 28.9 Å². The number of carbonyl (C=O) groups is 2. The fraction of sp³-hybridized carbons (Fsp3) is 0.526. The van der Waals surface area contributed by atoms with Crippen molar-refractivity contribution in [1.82, 2.24) is 14.7 Å². The van der Waals surface area contributed by atoms with Gasteiger partial charge in [0.1, 0.15) is 12.4 Å². The molecule has 0 atom stereocenters. The summed E-state index contributed by atoms with van der Waals surface area (Å²) in [4.78, 5) is 26.6. The molecule has 0 aliphatic carbocycles. The molecule has 26 heavy (non-hydrogen) atoms. The van der Waals surface area contributed by atoms with Gasteiger partial charge in [0.2, 0.25) is 5.91 Å². The monoisotopic (exact) mass is 360 g/mol. The minimum absolute atomic E-state index is 0.0479. The molecule has 0 spiro atoms. The Bertz CT molecular complexity index is 754. The van der Waals surface area contributed by atoms with Crippen molar-refractivity contribution in [3.8, 4) is 0 Å². The quantitative estimate of drug-likeness (QED) is 0.858. The van der Waals surface area contributed by atoms with Gasteiger partial charge >= 0.3 is 0 Å². The fourth-order valence-corrected chi connectivity index (χ4v) is 2.52. The summed E-state index contributed by atoms with van der Waals surface area (Å²) in [7, 11) is 1.78. The smallest absolute Gasteiger partial charge is 0.290 e. The summed E-state index contributed by atoms with van der Waals surface area (Å²) in [5.41, 5.74) is 0.778. The first kappa shape index (κ1) is 19.8. The molecule has 142 valence electrons. The maximum Gasteiger partial charge on any atom is 0.290 e. The van der Waals surface area contributed by atoms with Crippen molar-refractivity contribution in [3.63, 3.8) is 0 Å². The highest BCUT2D eigenvalue weighted by Crippen LogP contribution is 2.23. The van der Waals surface area contributed by atoms with E-state index in [0.29, 0.717) is 12.4 Å². The molecular formula is C19H28N4O3. The Hall–Kier alpha value is -2.57. The average molecular weight is 360 g/mol. The molecule has 1 N–H and O–H groups in total. The first-order valence-corrected chi connectivity index (χ1v) is 8.75. The summed E-state index contributed by atoms with van der Waals surface area (Å²) in [6, 6.07) is 5.12. The fourth-order valence-electron chi connectivity index (χ4n) is 2.52. The lowest BCUT2D eigenvalue weighted by atomic mass is 9.92. The molecule has 2 aromatic rings. The first-order valence-electron chi connectivity index (χ1n) is 8.75. The van der Waals surface area contributed by atoms with E-state index in [1.54, 1.807) is 23.9 Å². The number of hydrogen-bond acceptors (Lipinski definition) is 4. The van der Waals surface area contributed by atoms with E-state index >= 15 is 0 Å². The van der Waals surface area contributed by atoms with Gasteiger partial charge in [-0.3, -0.25) is 14.3 Å². The highest BCUT2D eigenvalue weighted by atomic mass is 16.3. The van der Waals surface area contributed by atoms with E-state index in [4.69, 9.17) is 4.42 Å². The van der Waals surface area contributed by atoms with Gasteiger partial charge in [0.15, 0.2) is 5.76 Å². The molecule has 0 aliphatic heterocycles. The van der Waals surface area contributed by atoms with Crippen LogP contribution in [-0.2, 0) is 17.3 Å². The molecule has 0 fully saturated rings. The van der Waals surface area contributed by atoms with Crippen molar-refractivity contribution in [1.29, 1.82) is 0 Å². The van der Waals surface area contributed by atoms with Crippen molar-refractivity contribution in [2.75, 3.05) is 18.4 Å². The number of anilines is 1. The molecule has 0 aromatic carbocycles. The zero-order valence-electron chi connectivity index (χ0n) is 16.4. The lowest BCUT2D eigenvalue weighted by Gasteiger charge is -2.23. The van der Waals surface area contributed by atoms with Crippen LogP contribution >= 0.6 is 0 Å². The summed E-state index contributed by atoms with van der Waals surface area (Å²) in [6.07, 6.45) is 1.45. The number of hydrogen-bond donors (Lipinski definition) is 1. The van der Waals surface area contributed by atoms with E-state index in [1.807, 2.05) is 19.9 Å². The molecule has 0 aliphatic rings. The standard InChI is InChI=1S/C19H28N4O3/c1-13(2)11-23(18(25)14-8-7-9-26-14)12-17(24)20-16-10-15(19(3,4)5)21-22(16)6/h7-10,13H,11-12H2,1-6H3,(H,20,24).